The molecule has 0 aliphatic rings. The summed E-state index contributed by atoms with van der Waals surface area (Å²) in [4.78, 5) is 4.29. The number of benzene rings is 3. The maximum absolute atomic E-state index is 12.9. The zero-order chi connectivity index (χ0) is 22.1. The zero-order valence-electron chi connectivity index (χ0n) is 15.4. The molecule has 0 bridgehead atoms. The summed E-state index contributed by atoms with van der Waals surface area (Å²) in [7, 11) is 0. The van der Waals surface area contributed by atoms with Gasteiger partial charge in [-0.15, -0.1) is 0 Å². The first-order valence-corrected chi connectivity index (χ1v) is 9.03. The molecule has 0 heterocycles. The van der Waals surface area contributed by atoms with Crippen molar-refractivity contribution in [2.24, 2.45) is 4.99 Å². The van der Waals surface area contributed by atoms with Gasteiger partial charge in [0.25, 0.3) is 0 Å². The number of rotatable bonds is 3. The third kappa shape index (κ3) is 4.84. The summed E-state index contributed by atoms with van der Waals surface area (Å²) < 4.78 is 77.1. The quantitative estimate of drug-likeness (QED) is 0.286. The molecular weight excluding hydrogens is 428 g/mol. The average molecular weight is 442 g/mol. The van der Waals surface area contributed by atoms with Crippen LogP contribution in [0.3, 0.4) is 0 Å². The molecule has 3 rings (SSSR count). The van der Waals surface area contributed by atoms with Gasteiger partial charge in [-0.3, -0.25) is 0 Å². The van der Waals surface area contributed by atoms with E-state index in [0.29, 0.717) is 27.9 Å². The van der Waals surface area contributed by atoms with Gasteiger partial charge in [0, 0.05) is 11.1 Å². The van der Waals surface area contributed by atoms with E-state index in [1.165, 1.54) is 31.2 Å². The third-order valence-corrected chi connectivity index (χ3v) is 4.43. The minimum Gasteiger partial charge on any atom is -0.240 e. The van der Waals surface area contributed by atoms with Crippen LogP contribution in [0.1, 0.15) is 18.1 Å². The number of hydrogen-bond donors (Lipinski definition) is 0. The van der Waals surface area contributed by atoms with Crippen LogP contribution in [-0.4, -0.2) is 5.17 Å². The number of alkyl halides is 6. The lowest BCUT2D eigenvalue weighted by atomic mass is 9.95. The molecule has 0 atom stereocenters. The van der Waals surface area contributed by atoms with Gasteiger partial charge in [-0.2, -0.15) is 26.3 Å². The molecule has 3 aromatic carbocycles. The highest BCUT2D eigenvalue weighted by Gasteiger charge is 2.31. The monoisotopic (exact) mass is 441 g/mol. The maximum atomic E-state index is 12.9. The van der Waals surface area contributed by atoms with Crippen molar-refractivity contribution in [2.45, 2.75) is 19.3 Å². The highest BCUT2D eigenvalue weighted by Crippen LogP contribution is 2.41. The summed E-state index contributed by atoms with van der Waals surface area (Å²) in [5.41, 5.74) is 0.709. The van der Waals surface area contributed by atoms with E-state index in [-0.39, 0.29) is 5.17 Å². The Morgan fingerprint density at radius 2 is 1.03 bits per heavy atom. The van der Waals surface area contributed by atoms with Crippen LogP contribution < -0.4 is 0 Å². The summed E-state index contributed by atoms with van der Waals surface area (Å²) in [6, 6.07) is 14.1. The van der Waals surface area contributed by atoms with Crippen molar-refractivity contribution in [1.29, 1.82) is 0 Å². The Labute approximate surface area is 173 Å². The largest absolute Gasteiger partial charge is 0.416 e. The van der Waals surface area contributed by atoms with Crippen molar-refractivity contribution in [2.75, 3.05) is 0 Å². The molecule has 0 aliphatic heterocycles. The van der Waals surface area contributed by atoms with Gasteiger partial charge in [0.2, 0.25) is 0 Å². The van der Waals surface area contributed by atoms with E-state index >= 15 is 0 Å². The fourth-order valence-electron chi connectivity index (χ4n) is 2.96. The molecule has 0 radical (unpaired) electrons. The lowest BCUT2D eigenvalue weighted by Gasteiger charge is -2.14. The summed E-state index contributed by atoms with van der Waals surface area (Å²) in [6.07, 6.45) is -8.93. The first-order chi connectivity index (χ1) is 14.0. The number of nitrogens with zero attached hydrogens (tertiary/aromatic N) is 1. The Bertz CT molecular complexity index is 985. The van der Waals surface area contributed by atoms with Crippen LogP contribution in [0, 0.1) is 0 Å². The van der Waals surface area contributed by atoms with Crippen molar-refractivity contribution in [3.63, 3.8) is 0 Å². The van der Waals surface area contributed by atoms with Gasteiger partial charge >= 0.3 is 12.4 Å². The number of para-hydroxylation sites is 1. The van der Waals surface area contributed by atoms with Crippen molar-refractivity contribution >= 4 is 22.5 Å². The Hall–Kier alpha value is -2.80. The van der Waals surface area contributed by atoms with Gasteiger partial charge in [-0.25, -0.2) is 4.99 Å². The van der Waals surface area contributed by atoms with Crippen molar-refractivity contribution in [1.82, 2.24) is 0 Å². The van der Waals surface area contributed by atoms with E-state index < -0.39 is 23.5 Å². The lowest BCUT2D eigenvalue weighted by molar-refractivity contribution is -0.138. The fraction of sp³-hybridized carbons (Fsp3) is 0.136. The molecule has 0 unspecified atom stereocenters. The van der Waals surface area contributed by atoms with Crippen LogP contribution in [0.4, 0.5) is 32.0 Å². The van der Waals surface area contributed by atoms with E-state index in [1.54, 1.807) is 18.2 Å². The number of hydrogen-bond acceptors (Lipinski definition) is 1. The molecule has 0 fully saturated rings. The summed E-state index contributed by atoms with van der Waals surface area (Å²) in [5, 5.41) is 0.169. The topological polar surface area (TPSA) is 12.4 Å². The molecule has 3 aromatic rings. The Morgan fingerprint density at radius 3 is 1.33 bits per heavy atom. The Balaban J connectivity index is 2.14. The molecule has 0 saturated heterocycles. The van der Waals surface area contributed by atoms with Crippen LogP contribution in [0.25, 0.3) is 22.3 Å². The van der Waals surface area contributed by atoms with E-state index in [4.69, 9.17) is 11.6 Å². The van der Waals surface area contributed by atoms with E-state index in [9.17, 15) is 26.3 Å². The zero-order valence-corrected chi connectivity index (χ0v) is 16.2. The third-order valence-electron chi connectivity index (χ3n) is 4.35. The molecule has 1 nitrogen and oxygen atoms in total. The maximum Gasteiger partial charge on any atom is 0.416 e. The minimum atomic E-state index is -4.46. The number of aliphatic imine (C=N–C) groups is 1. The molecular formula is C22H14ClF6N. The van der Waals surface area contributed by atoms with E-state index in [0.717, 1.165) is 24.3 Å². The molecule has 8 heteroatoms. The molecule has 0 saturated carbocycles. The van der Waals surface area contributed by atoms with Gasteiger partial charge in [-0.05, 0) is 42.3 Å². The summed E-state index contributed by atoms with van der Waals surface area (Å²) in [5.74, 6) is 0. The second-order valence-corrected chi connectivity index (χ2v) is 7.01. The van der Waals surface area contributed by atoms with Gasteiger partial charge in [0.1, 0.15) is 5.17 Å². The average Bonchev–Trinajstić information content (AvgIpc) is 2.67. The Kier molecular flexibility index (Phi) is 5.94. The van der Waals surface area contributed by atoms with Gasteiger partial charge < -0.3 is 0 Å². The predicted octanol–water partition coefficient (Wildman–Crippen LogP) is 8.35. The minimum absolute atomic E-state index is 0.169. The van der Waals surface area contributed by atoms with Crippen molar-refractivity contribution < 1.29 is 26.3 Å². The van der Waals surface area contributed by atoms with Crippen LogP contribution in [0.2, 0.25) is 0 Å². The highest BCUT2D eigenvalue weighted by molar-refractivity contribution is 6.65. The second-order valence-electron chi connectivity index (χ2n) is 6.46. The Morgan fingerprint density at radius 1 is 0.667 bits per heavy atom. The highest BCUT2D eigenvalue weighted by atomic mass is 35.5. The second kappa shape index (κ2) is 8.14. The van der Waals surface area contributed by atoms with Crippen molar-refractivity contribution in [3.05, 3.63) is 77.9 Å². The van der Waals surface area contributed by atoms with E-state index in [2.05, 4.69) is 4.99 Å². The summed E-state index contributed by atoms with van der Waals surface area (Å²) in [6.45, 7) is 1.53. The SMILES string of the molecule is CC(Cl)=Nc1c(-c2ccc(C(F)(F)F)cc2)cccc1-c1ccc(C(F)(F)F)cc1. The van der Waals surface area contributed by atoms with Gasteiger partial charge in [0.05, 0.1) is 16.8 Å². The molecule has 0 aromatic heterocycles. The molecule has 0 spiro atoms. The number of halogens is 7. The standard InChI is InChI=1S/C22H14ClF6N/c1-13(23)30-20-18(14-5-9-16(10-6-14)21(24,25)26)3-2-4-19(20)15-7-11-17(12-8-15)22(27,28)29/h2-12H,1H3. The van der Waals surface area contributed by atoms with Crippen LogP contribution in [0.5, 0.6) is 0 Å². The molecule has 0 N–H and O–H groups in total. The van der Waals surface area contributed by atoms with Crippen LogP contribution in [0.15, 0.2) is 71.7 Å². The van der Waals surface area contributed by atoms with E-state index in [1.807, 2.05) is 0 Å². The van der Waals surface area contributed by atoms with Crippen LogP contribution in [-0.2, 0) is 12.4 Å². The van der Waals surface area contributed by atoms with Crippen LogP contribution >= 0.6 is 11.6 Å². The first kappa shape index (κ1) is 21.9. The van der Waals surface area contributed by atoms with Gasteiger partial charge in [-0.1, -0.05) is 54.1 Å². The predicted molar refractivity (Wildman–Crippen MR) is 106 cm³/mol. The van der Waals surface area contributed by atoms with Crippen molar-refractivity contribution in [3.8, 4) is 22.3 Å². The molecule has 30 heavy (non-hydrogen) atoms. The van der Waals surface area contributed by atoms with Gasteiger partial charge in [0.15, 0.2) is 0 Å². The smallest absolute Gasteiger partial charge is 0.240 e. The fourth-order valence-corrected chi connectivity index (χ4v) is 3.05. The molecule has 0 amide bonds. The first-order valence-electron chi connectivity index (χ1n) is 8.66. The molecule has 156 valence electrons. The normalized spacial score (nSPS) is 12.9. The molecule has 0 aliphatic carbocycles. The lowest BCUT2D eigenvalue weighted by Crippen LogP contribution is -2.04. The summed E-state index contributed by atoms with van der Waals surface area (Å²) >= 11 is 5.95.